The van der Waals surface area contributed by atoms with E-state index in [1.165, 1.54) is 18.2 Å². The first-order chi connectivity index (χ1) is 8.81. The molecule has 0 saturated carbocycles. The van der Waals surface area contributed by atoms with Gasteiger partial charge in [0.05, 0.1) is 11.6 Å². The maximum Gasteiger partial charge on any atom is 0.228 e. The Kier molecular flexibility index (Phi) is 4.66. The molecule has 0 spiro atoms. The third-order valence-electron chi connectivity index (χ3n) is 3.40. The summed E-state index contributed by atoms with van der Waals surface area (Å²) >= 11 is 0. The summed E-state index contributed by atoms with van der Waals surface area (Å²) in [4.78, 5) is 13.8. The maximum atomic E-state index is 13.2. The normalized spacial score (nSPS) is 10.9. The number of halogens is 1. The fourth-order valence-electron chi connectivity index (χ4n) is 1.80. The van der Waals surface area contributed by atoms with Gasteiger partial charge in [0.25, 0.3) is 0 Å². The molecule has 1 amide bonds. The second kappa shape index (κ2) is 5.83. The fourth-order valence-corrected chi connectivity index (χ4v) is 1.80. The average Bonchev–Trinajstić information content (AvgIpc) is 2.38. The number of carbonyl (C=O) groups excluding carboxylic acids is 1. The van der Waals surface area contributed by atoms with Crippen molar-refractivity contribution in [2.75, 3.05) is 7.05 Å². The molecular formula is C15H19FN2O. The minimum absolute atomic E-state index is 0.0110. The van der Waals surface area contributed by atoms with Crippen molar-refractivity contribution in [2.24, 2.45) is 5.41 Å². The van der Waals surface area contributed by atoms with E-state index in [1.54, 1.807) is 11.9 Å². The van der Waals surface area contributed by atoms with Gasteiger partial charge in [-0.25, -0.2) is 4.39 Å². The Morgan fingerprint density at radius 3 is 2.63 bits per heavy atom. The highest BCUT2D eigenvalue weighted by Gasteiger charge is 2.28. The van der Waals surface area contributed by atoms with Gasteiger partial charge in [0.15, 0.2) is 0 Å². The van der Waals surface area contributed by atoms with Crippen LogP contribution in [0.15, 0.2) is 18.2 Å². The van der Waals surface area contributed by atoms with Crippen molar-refractivity contribution in [1.82, 2.24) is 4.90 Å². The summed E-state index contributed by atoms with van der Waals surface area (Å²) in [5.41, 5.74) is 0.482. The molecule has 0 bridgehead atoms. The van der Waals surface area contributed by atoms with Gasteiger partial charge in [0, 0.05) is 19.0 Å². The zero-order valence-electron chi connectivity index (χ0n) is 11.8. The summed E-state index contributed by atoms with van der Waals surface area (Å²) in [6.45, 7) is 5.95. The zero-order chi connectivity index (χ0) is 14.6. The fraction of sp³-hybridized carbons (Fsp3) is 0.467. The van der Waals surface area contributed by atoms with E-state index in [-0.39, 0.29) is 12.5 Å². The first-order valence-electron chi connectivity index (χ1n) is 6.26. The molecule has 1 aromatic rings. The second-order valence-corrected chi connectivity index (χ2v) is 5.31. The molecule has 0 radical (unpaired) electrons. The van der Waals surface area contributed by atoms with E-state index >= 15 is 0 Å². The minimum Gasteiger partial charge on any atom is -0.341 e. The Labute approximate surface area is 113 Å². The SMILES string of the molecule is CCC(C)(C)C(=O)N(C)Cc1cc(F)ccc1C#N. The van der Waals surface area contributed by atoms with Crippen LogP contribution in [0.4, 0.5) is 4.39 Å². The number of hydrogen-bond acceptors (Lipinski definition) is 2. The van der Waals surface area contributed by atoms with Crippen LogP contribution in [0.3, 0.4) is 0 Å². The van der Waals surface area contributed by atoms with Gasteiger partial charge >= 0.3 is 0 Å². The second-order valence-electron chi connectivity index (χ2n) is 5.31. The highest BCUT2D eigenvalue weighted by Crippen LogP contribution is 2.23. The van der Waals surface area contributed by atoms with Gasteiger partial charge in [0.2, 0.25) is 5.91 Å². The molecule has 102 valence electrons. The van der Waals surface area contributed by atoms with Crippen LogP contribution in [0, 0.1) is 22.6 Å². The van der Waals surface area contributed by atoms with E-state index < -0.39 is 11.2 Å². The van der Waals surface area contributed by atoms with Crippen molar-refractivity contribution in [3.63, 3.8) is 0 Å². The molecule has 4 heteroatoms. The molecule has 0 saturated heterocycles. The van der Waals surface area contributed by atoms with Crippen molar-refractivity contribution in [3.05, 3.63) is 35.1 Å². The van der Waals surface area contributed by atoms with Gasteiger partial charge in [-0.3, -0.25) is 4.79 Å². The number of benzene rings is 1. The average molecular weight is 262 g/mol. The van der Waals surface area contributed by atoms with E-state index in [9.17, 15) is 9.18 Å². The van der Waals surface area contributed by atoms with Crippen LogP contribution in [0.25, 0.3) is 0 Å². The number of nitrogens with zero attached hydrogens (tertiary/aromatic N) is 2. The molecule has 0 aromatic heterocycles. The number of nitriles is 1. The van der Waals surface area contributed by atoms with Crippen LogP contribution in [-0.4, -0.2) is 17.9 Å². The molecule has 0 heterocycles. The van der Waals surface area contributed by atoms with Crippen LogP contribution in [0.5, 0.6) is 0 Å². The van der Waals surface area contributed by atoms with Crippen LogP contribution in [0.2, 0.25) is 0 Å². The molecule has 0 fully saturated rings. The predicted molar refractivity (Wildman–Crippen MR) is 71.7 cm³/mol. The summed E-state index contributed by atoms with van der Waals surface area (Å²) in [6.07, 6.45) is 0.727. The predicted octanol–water partition coefficient (Wildman–Crippen LogP) is 3.09. The Hall–Kier alpha value is -1.89. The van der Waals surface area contributed by atoms with Crippen LogP contribution in [-0.2, 0) is 11.3 Å². The number of amides is 1. The lowest BCUT2D eigenvalue weighted by Crippen LogP contribution is -2.37. The van der Waals surface area contributed by atoms with Crippen molar-refractivity contribution in [2.45, 2.75) is 33.7 Å². The lowest BCUT2D eigenvalue weighted by atomic mass is 9.88. The largest absolute Gasteiger partial charge is 0.341 e. The maximum absolute atomic E-state index is 13.2. The van der Waals surface area contributed by atoms with Crippen LogP contribution < -0.4 is 0 Å². The van der Waals surface area contributed by atoms with E-state index in [0.29, 0.717) is 11.1 Å². The lowest BCUT2D eigenvalue weighted by molar-refractivity contribution is -0.139. The first kappa shape index (κ1) is 15.2. The van der Waals surface area contributed by atoms with E-state index in [1.807, 2.05) is 26.8 Å². The molecule has 0 aliphatic carbocycles. The van der Waals surface area contributed by atoms with Crippen LogP contribution >= 0.6 is 0 Å². The van der Waals surface area contributed by atoms with Gasteiger partial charge < -0.3 is 4.90 Å². The smallest absolute Gasteiger partial charge is 0.228 e. The zero-order valence-corrected chi connectivity index (χ0v) is 11.8. The van der Waals surface area contributed by atoms with Gasteiger partial charge in [-0.15, -0.1) is 0 Å². The molecule has 0 aliphatic rings. The first-order valence-corrected chi connectivity index (χ1v) is 6.26. The Morgan fingerprint density at radius 2 is 2.11 bits per heavy atom. The molecule has 0 N–H and O–H groups in total. The minimum atomic E-state index is -0.450. The molecule has 0 atom stereocenters. The number of rotatable bonds is 4. The quantitative estimate of drug-likeness (QED) is 0.837. The summed E-state index contributed by atoms with van der Waals surface area (Å²) in [5.74, 6) is -0.409. The number of hydrogen-bond donors (Lipinski definition) is 0. The lowest BCUT2D eigenvalue weighted by Gasteiger charge is -2.28. The van der Waals surface area contributed by atoms with Gasteiger partial charge in [-0.2, -0.15) is 5.26 Å². The highest BCUT2D eigenvalue weighted by atomic mass is 19.1. The molecular weight excluding hydrogens is 243 g/mol. The summed E-state index contributed by atoms with van der Waals surface area (Å²) in [7, 11) is 1.67. The molecule has 1 aromatic carbocycles. The standard InChI is InChI=1S/C15H19FN2O/c1-5-15(2,3)14(19)18(4)10-12-8-13(16)7-6-11(12)9-17/h6-8H,5,10H2,1-4H3. The van der Waals surface area contributed by atoms with Gasteiger partial charge in [-0.05, 0) is 30.2 Å². The Bertz CT molecular complexity index is 517. The van der Waals surface area contributed by atoms with Crippen molar-refractivity contribution < 1.29 is 9.18 Å². The Morgan fingerprint density at radius 1 is 1.47 bits per heavy atom. The topological polar surface area (TPSA) is 44.1 Å². The van der Waals surface area contributed by atoms with Crippen molar-refractivity contribution in [3.8, 4) is 6.07 Å². The molecule has 1 rings (SSSR count). The summed E-state index contributed by atoms with van der Waals surface area (Å²) < 4.78 is 13.2. The van der Waals surface area contributed by atoms with Gasteiger partial charge in [-0.1, -0.05) is 20.8 Å². The third kappa shape index (κ3) is 3.54. The van der Waals surface area contributed by atoms with E-state index in [2.05, 4.69) is 0 Å². The van der Waals surface area contributed by atoms with Gasteiger partial charge in [0.1, 0.15) is 5.82 Å². The Balaban J connectivity index is 2.95. The molecule has 0 unspecified atom stereocenters. The van der Waals surface area contributed by atoms with E-state index in [4.69, 9.17) is 5.26 Å². The monoisotopic (exact) mass is 262 g/mol. The van der Waals surface area contributed by atoms with Crippen LogP contribution in [0.1, 0.15) is 38.3 Å². The van der Waals surface area contributed by atoms with E-state index in [0.717, 1.165) is 6.42 Å². The van der Waals surface area contributed by atoms with Crippen molar-refractivity contribution in [1.29, 1.82) is 5.26 Å². The summed E-state index contributed by atoms with van der Waals surface area (Å²) in [5, 5.41) is 8.99. The highest BCUT2D eigenvalue weighted by molar-refractivity contribution is 5.81. The number of carbonyl (C=O) groups is 1. The molecule has 0 aliphatic heterocycles. The third-order valence-corrected chi connectivity index (χ3v) is 3.40. The summed E-state index contributed by atoms with van der Waals surface area (Å²) in [6, 6.07) is 6.01. The molecule has 19 heavy (non-hydrogen) atoms. The molecule has 3 nitrogen and oxygen atoms in total. The van der Waals surface area contributed by atoms with Crippen molar-refractivity contribution >= 4 is 5.91 Å².